The minimum absolute atomic E-state index is 0.719. The molecule has 1 fully saturated rings. The zero-order valence-corrected chi connectivity index (χ0v) is 16.3. The van der Waals surface area contributed by atoms with Gasteiger partial charge in [0.25, 0.3) is 0 Å². The molecule has 0 saturated carbocycles. The number of hydrogen-bond acceptors (Lipinski definition) is 6. The second kappa shape index (κ2) is 8.69. The standard InChI is InChI=1S/C22H26N6/c1-2-26(18-19-9-5-3-6-10-19)21-17-23-25-22(24-21)28-15-13-27(14-16-28)20-11-7-4-8-12-20/h3-12,17H,2,13-16,18H2,1H3. The van der Waals surface area contributed by atoms with Gasteiger partial charge < -0.3 is 14.7 Å². The van der Waals surface area contributed by atoms with Crippen LogP contribution in [0.25, 0.3) is 0 Å². The molecule has 2 heterocycles. The lowest BCUT2D eigenvalue weighted by Crippen LogP contribution is -2.47. The van der Waals surface area contributed by atoms with Crippen molar-refractivity contribution in [2.75, 3.05) is 47.4 Å². The Morgan fingerprint density at radius 2 is 1.50 bits per heavy atom. The van der Waals surface area contributed by atoms with Gasteiger partial charge in [0.05, 0.1) is 6.20 Å². The first-order valence-electron chi connectivity index (χ1n) is 9.87. The van der Waals surface area contributed by atoms with Gasteiger partial charge in [-0.15, -0.1) is 5.10 Å². The van der Waals surface area contributed by atoms with E-state index >= 15 is 0 Å². The van der Waals surface area contributed by atoms with E-state index in [-0.39, 0.29) is 0 Å². The van der Waals surface area contributed by atoms with Crippen molar-refractivity contribution in [1.29, 1.82) is 0 Å². The molecule has 0 bridgehead atoms. The van der Waals surface area contributed by atoms with E-state index in [1.807, 2.05) is 6.07 Å². The summed E-state index contributed by atoms with van der Waals surface area (Å²) in [4.78, 5) is 11.7. The SMILES string of the molecule is CCN(Cc1ccccc1)c1cnnc(N2CCN(c3ccccc3)CC2)n1. The topological polar surface area (TPSA) is 48.4 Å². The van der Waals surface area contributed by atoms with E-state index in [0.717, 1.165) is 51.0 Å². The number of hydrogen-bond donors (Lipinski definition) is 0. The van der Waals surface area contributed by atoms with Crippen LogP contribution >= 0.6 is 0 Å². The summed E-state index contributed by atoms with van der Waals surface area (Å²) in [6, 6.07) is 21.0. The molecule has 4 rings (SSSR count). The minimum atomic E-state index is 0.719. The quantitative estimate of drug-likeness (QED) is 0.660. The van der Waals surface area contributed by atoms with E-state index in [4.69, 9.17) is 4.98 Å². The maximum Gasteiger partial charge on any atom is 0.247 e. The number of aromatic nitrogens is 3. The smallest absolute Gasteiger partial charge is 0.247 e. The average molecular weight is 374 g/mol. The normalized spacial score (nSPS) is 14.2. The van der Waals surface area contributed by atoms with Crippen molar-refractivity contribution in [2.45, 2.75) is 13.5 Å². The maximum atomic E-state index is 4.82. The molecule has 0 amide bonds. The van der Waals surface area contributed by atoms with Gasteiger partial charge in [-0.2, -0.15) is 10.1 Å². The second-order valence-electron chi connectivity index (χ2n) is 6.92. The zero-order valence-electron chi connectivity index (χ0n) is 16.3. The molecule has 28 heavy (non-hydrogen) atoms. The van der Waals surface area contributed by atoms with Gasteiger partial charge in [0, 0.05) is 45.0 Å². The summed E-state index contributed by atoms with van der Waals surface area (Å²) in [5.74, 6) is 1.60. The highest BCUT2D eigenvalue weighted by Crippen LogP contribution is 2.20. The molecule has 0 radical (unpaired) electrons. The number of nitrogens with zero attached hydrogens (tertiary/aromatic N) is 6. The van der Waals surface area contributed by atoms with Crippen LogP contribution in [0.3, 0.4) is 0 Å². The predicted molar refractivity (Wildman–Crippen MR) is 114 cm³/mol. The molecule has 1 aliphatic rings. The summed E-state index contributed by atoms with van der Waals surface area (Å²) < 4.78 is 0. The van der Waals surface area contributed by atoms with E-state index in [1.165, 1.54) is 11.3 Å². The van der Waals surface area contributed by atoms with Crippen LogP contribution < -0.4 is 14.7 Å². The first-order chi connectivity index (χ1) is 13.8. The second-order valence-corrected chi connectivity index (χ2v) is 6.92. The molecule has 0 atom stereocenters. The molecule has 1 aromatic heterocycles. The van der Waals surface area contributed by atoms with E-state index in [2.05, 4.69) is 86.4 Å². The molecule has 2 aromatic carbocycles. The molecule has 1 aliphatic heterocycles. The van der Waals surface area contributed by atoms with Crippen molar-refractivity contribution in [1.82, 2.24) is 15.2 Å². The molecule has 6 heteroatoms. The Labute approximate surface area is 166 Å². The predicted octanol–water partition coefficient (Wildman–Crippen LogP) is 3.22. The van der Waals surface area contributed by atoms with Crippen LogP contribution in [-0.2, 0) is 6.54 Å². The summed E-state index contributed by atoms with van der Waals surface area (Å²) in [7, 11) is 0. The van der Waals surface area contributed by atoms with Crippen LogP contribution in [0.4, 0.5) is 17.5 Å². The van der Waals surface area contributed by atoms with Crippen molar-refractivity contribution in [2.24, 2.45) is 0 Å². The van der Waals surface area contributed by atoms with E-state index in [9.17, 15) is 0 Å². The van der Waals surface area contributed by atoms with Gasteiger partial charge in [-0.25, -0.2) is 0 Å². The van der Waals surface area contributed by atoms with Crippen LogP contribution in [0.5, 0.6) is 0 Å². The first kappa shape index (κ1) is 18.2. The Balaban J connectivity index is 1.43. The fourth-order valence-electron chi connectivity index (χ4n) is 3.53. The molecule has 1 saturated heterocycles. The third-order valence-electron chi connectivity index (χ3n) is 5.14. The van der Waals surface area contributed by atoms with Gasteiger partial charge in [0.15, 0.2) is 5.82 Å². The third kappa shape index (κ3) is 4.22. The Bertz CT molecular complexity index is 862. The first-order valence-corrected chi connectivity index (χ1v) is 9.87. The number of para-hydroxylation sites is 1. The highest BCUT2D eigenvalue weighted by molar-refractivity contribution is 5.49. The molecule has 0 unspecified atom stereocenters. The van der Waals surface area contributed by atoms with Crippen molar-refractivity contribution >= 4 is 17.5 Å². The fourth-order valence-corrected chi connectivity index (χ4v) is 3.53. The molecule has 0 N–H and O–H groups in total. The van der Waals surface area contributed by atoms with Crippen LogP contribution in [0, 0.1) is 0 Å². The van der Waals surface area contributed by atoms with E-state index in [0.29, 0.717) is 0 Å². The summed E-state index contributed by atoms with van der Waals surface area (Å²) in [6.07, 6.45) is 1.76. The van der Waals surface area contributed by atoms with Crippen molar-refractivity contribution < 1.29 is 0 Å². The third-order valence-corrected chi connectivity index (χ3v) is 5.14. The summed E-state index contributed by atoms with van der Waals surface area (Å²) in [6.45, 7) is 7.53. The van der Waals surface area contributed by atoms with Gasteiger partial charge in [0.2, 0.25) is 5.95 Å². The Kier molecular flexibility index (Phi) is 5.66. The summed E-state index contributed by atoms with van der Waals surface area (Å²) in [5.41, 5.74) is 2.54. The lowest BCUT2D eigenvalue weighted by molar-refractivity contribution is 0.633. The molecular weight excluding hydrogens is 348 g/mol. The highest BCUT2D eigenvalue weighted by Gasteiger charge is 2.20. The number of piperazine rings is 1. The Morgan fingerprint density at radius 3 is 2.18 bits per heavy atom. The Morgan fingerprint density at radius 1 is 0.857 bits per heavy atom. The van der Waals surface area contributed by atoms with Gasteiger partial charge in [-0.1, -0.05) is 48.5 Å². The van der Waals surface area contributed by atoms with Gasteiger partial charge in [-0.3, -0.25) is 0 Å². The molecule has 144 valence electrons. The minimum Gasteiger partial charge on any atom is -0.368 e. The van der Waals surface area contributed by atoms with Crippen LogP contribution in [0.2, 0.25) is 0 Å². The number of benzene rings is 2. The lowest BCUT2D eigenvalue weighted by Gasteiger charge is -2.36. The summed E-state index contributed by atoms with van der Waals surface area (Å²) >= 11 is 0. The molecule has 3 aromatic rings. The van der Waals surface area contributed by atoms with Crippen molar-refractivity contribution in [3.8, 4) is 0 Å². The molecular formula is C22H26N6. The molecule has 6 nitrogen and oxygen atoms in total. The molecule has 0 spiro atoms. The van der Waals surface area contributed by atoms with E-state index < -0.39 is 0 Å². The largest absolute Gasteiger partial charge is 0.368 e. The van der Waals surface area contributed by atoms with Crippen molar-refractivity contribution in [3.63, 3.8) is 0 Å². The van der Waals surface area contributed by atoms with Gasteiger partial charge in [-0.05, 0) is 24.6 Å². The van der Waals surface area contributed by atoms with Crippen LogP contribution in [0.1, 0.15) is 12.5 Å². The zero-order chi connectivity index (χ0) is 19.2. The monoisotopic (exact) mass is 374 g/mol. The van der Waals surface area contributed by atoms with E-state index in [1.54, 1.807) is 6.20 Å². The van der Waals surface area contributed by atoms with Gasteiger partial charge >= 0.3 is 0 Å². The fraction of sp³-hybridized carbons (Fsp3) is 0.318. The molecule has 0 aliphatic carbocycles. The lowest BCUT2D eigenvalue weighted by atomic mass is 10.2. The number of anilines is 3. The van der Waals surface area contributed by atoms with Crippen molar-refractivity contribution in [3.05, 3.63) is 72.4 Å². The average Bonchev–Trinajstić information content (AvgIpc) is 2.79. The van der Waals surface area contributed by atoms with Crippen LogP contribution in [0.15, 0.2) is 66.9 Å². The maximum absolute atomic E-state index is 4.82. The highest BCUT2D eigenvalue weighted by atomic mass is 15.4. The number of rotatable bonds is 6. The van der Waals surface area contributed by atoms with Crippen LogP contribution in [-0.4, -0.2) is 47.9 Å². The van der Waals surface area contributed by atoms with Gasteiger partial charge in [0.1, 0.15) is 0 Å². The Hall–Kier alpha value is -3.15. The summed E-state index contributed by atoms with van der Waals surface area (Å²) in [5, 5.41) is 8.54.